The van der Waals surface area contributed by atoms with E-state index in [-0.39, 0.29) is 44.4 Å². The first-order valence-electron chi connectivity index (χ1n) is 7.27. The summed E-state index contributed by atoms with van der Waals surface area (Å²) in [5, 5.41) is 9.23. The summed E-state index contributed by atoms with van der Waals surface area (Å²) in [6.07, 6.45) is -8.72. The molecule has 1 saturated heterocycles. The lowest BCUT2D eigenvalue weighted by molar-refractivity contribution is -0.253. The van der Waals surface area contributed by atoms with Crippen molar-refractivity contribution in [2.75, 3.05) is 32.9 Å². The van der Waals surface area contributed by atoms with Crippen LogP contribution < -0.4 is 4.74 Å². The minimum absolute atomic E-state index is 0.162. The molecule has 0 unspecified atom stereocenters. The smallest absolute Gasteiger partial charge is 0.427 e. The number of aliphatic hydroxyl groups excluding tert-OH is 1. The van der Waals surface area contributed by atoms with Gasteiger partial charge < -0.3 is 19.5 Å². The Morgan fingerprint density at radius 2 is 2.12 bits per heavy atom. The van der Waals surface area contributed by atoms with Crippen LogP contribution in [0, 0.1) is 5.92 Å². The molecule has 1 aromatic carbocycles. The number of para-hydroxylation sites is 1. The predicted octanol–water partition coefficient (Wildman–Crippen LogP) is 2.00. The number of alkyl halides is 4. The zero-order chi connectivity index (χ0) is 17.7. The lowest BCUT2D eigenvalue weighted by Crippen LogP contribution is -2.38. The molecule has 1 aromatic rings. The number of halogens is 4. The molecule has 0 spiro atoms. The first-order chi connectivity index (χ1) is 11.3. The topological polar surface area (TPSA) is 59.0 Å². The van der Waals surface area contributed by atoms with Gasteiger partial charge in [-0.1, -0.05) is 12.1 Å². The van der Waals surface area contributed by atoms with Crippen LogP contribution in [0.5, 0.6) is 5.75 Å². The number of rotatable bonds is 5. The average Bonchev–Trinajstić information content (AvgIpc) is 2.80. The summed E-state index contributed by atoms with van der Waals surface area (Å²) in [7, 11) is 0. The molecule has 9 heteroatoms. The standard InChI is InChI=1S/C15H17F4NO4/c16-14(17)15(18,19)24-12-4-2-1-3-11(12)13(22)20-5-6-23-9-10(7-20)8-21/h1-4,10,14,21H,5-9H2/t10-/m0/s1. The van der Waals surface area contributed by atoms with Crippen LogP contribution in [0.2, 0.25) is 0 Å². The zero-order valence-corrected chi connectivity index (χ0v) is 12.6. The number of nitrogens with zero attached hydrogens (tertiary/aromatic N) is 1. The third-order valence-corrected chi connectivity index (χ3v) is 3.50. The van der Waals surface area contributed by atoms with E-state index < -0.39 is 24.2 Å². The molecule has 0 bridgehead atoms. The Bertz CT molecular complexity index is 570. The molecular formula is C15H17F4NO4. The van der Waals surface area contributed by atoms with Crippen LogP contribution in [-0.2, 0) is 4.74 Å². The molecule has 0 saturated carbocycles. The Labute approximate surface area is 135 Å². The summed E-state index contributed by atoms with van der Waals surface area (Å²) in [6, 6.07) is 4.97. The van der Waals surface area contributed by atoms with Crippen molar-refractivity contribution in [2.45, 2.75) is 12.5 Å². The lowest BCUT2D eigenvalue weighted by atomic mass is 10.1. The molecule has 2 rings (SSSR count). The molecule has 1 N–H and O–H groups in total. The van der Waals surface area contributed by atoms with Crippen LogP contribution in [0.1, 0.15) is 10.4 Å². The molecule has 0 radical (unpaired) electrons. The number of amides is 1. The van der Waals surface area contributed by atoms with Crippen LogP contribution in [-0.4, -0.2) is 61.4 Å². The van der Waals surface area contributed by atoms with Gasteiger partial charge in [-0.05, 0) is 12.1 Å². The predicted molar refractivity (Wildman–Crippen MR) is 75.3 cm³/mol. The van der Waals surface area contributed by atoms with Crippen molar-refractivity contribution in [3.8, 4) is 5.75 Å². The van der Waals surface area contributed by atoms with Gasteiger partial charge in [0.15, 0.2) is 0 Å². The van der Waals surface area contributed by atoms with E-state index in [2.05, 4.69) is 4.74 Å². The average molecular weight is 351 g/mol. The molecule has 0 aromatic heterocycles. The molecule has 1 fully saturated rings. The SMILES string of the molecule is O=C(c1ccccc1OC(F)(F)C(F)F)N1CCOC[C@H](CO)C1. The number of carbonyl (C=O) groups excluding carboxylic acids is 1. The molecular weight excluding hydrogens is 334 g/mol. The van der Waals surface area contributed by atoms with E-state index in [0.717, 1.165) is 6.07 Å². The summed E-state index contributed by atoms with van der Waals surface area (Å²) in [4.78, 5) is 13.9. The highest BCUT2D eigenvalue weighted by molar-refractivity contribution is 5.97. The highest BCUT2D eigenvalue weighted by Gasteiger charge is 2.44. The second kappa shape index (κ2) is 7.80. The van der Waals surface area contributed by atoms with Gasteiger partial charge in [0, 0.05) is 25.6 Å². The third kappa shape index (κ3) is 4.35. The Hall–Kier alpha value is -1.87. The van der Waals surface area contributed by atoms with E-state index in [1.807, 2.05) is 0 Å². The van der Waals surface area contributed by atoms with Crippen LogP contribution >= 0.6 is 0 Å². The van der Waals surface area contributed by atoms with Gasteiger partial charge in [-0.15, -0.1) is 0 Å². The highest BCUT2D eigenvalue weighted by atomic mass is 19.3. The molecule has 5 nitrogen and oxygen atoms in total. The fourth-order valence-electron chi connectivity index (χ4n) is 2.27. The van der Waals surface area contributed by atoms with Crippen LogP contribution in [0.15, 0.2) is 24.3 Å². The quantitative estimate of drug-likeness (QED) is 0.825. The van der Waals surface area contributed by atoms with E-state index in [4.69, 9.17) is 4.74 Å². The van der Waals surface area contributed by atoms with Gasteiger partial charge >= 0.3 is 12.5 Å². The molecule has 134 valence electrons. The van der Waals surface area contributed by atoms with Crippen LogP contribution in [0.4, 0.5) is 17.6 Å². The van der Waals surface area contributed by atoms with Crippen molar-refractivity contribution >= 4 is 5.91 Å². The van der Waals surface area contributed by atoms with Crippen molar-refractivity contribution in [3.05, 3.63) is 29.8 Å². The largest absolute Gasteiger partial charge is 0.461 e. The second-order valence-corrected chi connectivity index (χ2v) is 5.34. The zero-order valence-electron chi connectivity index (χ0n) is 12.6. The number of carbonyl (C=O) groups is 1. The normalized spacial score (nSPS) is 19.2. The third-order valence-electron chi connectivity index (χ3n) is 3.50. The van der Waals surface area contributed by atoms with Crippen molar-refractivity contribution in [1.29, 1.82) is 0 Å². The minimum Gasteiger partial charge on any atom is -0.427 e. The van der Waals surface area contributed by atoms with Gasteiger partial charge in [0.1, 0.15) is 5.75 Å². The molecule has 1 atom stereocenters. The Balaban J connectivity index is 2.23. The van der Waals surface area contributed by atoms with Gasteiger partial charge in [-0.3, -0.25) is 4.79 Å². The van der Waals surface area contributed by atoms with Crippen molar-refractivity contribution < 1.29 is 36.9 Å². The van der Waals surface area contributed by atoms with E-state index in [9.17, 15) is 27.5 Å². The number of ether oxygens (including phenoxy) is 2. The van der Waals surface area contributed by atoms with E-state index >= 15 is 0 Å². The first-order valence-corrected chi connectivity index (χ1v) is 7.27. The van der Waals surface area contributed by atoms with Crippen molar-refractivity contribution in [2.24, 2.45) is 5.92 Å². The van der Waals surface area contributed by atoms with Crippen LogP contribution in [0.25, 0.3) is 0 Å². The number of hydrogen-bond acceptors (Lipinski definition) is 4. The number of benzene rings is 1. The number of aliphatic hydroxyl groups is 1. The summed E-state index contributed by atoms with van der Waals surface area (Å²) in [5.74, 6) is -1.59. The Kier molecular flexibility index (Phi) is 6.00. The van der Waals surface area contributed by atoms with Gasteiger partial charge in [0.2, 0.25) is 0 Å². The monoisotopic (exact) mass is 351 g/mol. The van der Waals surface area contributed by atoms with Gasteiger partial charge in [-0.25, -0.2) is 0 Å². The Morgan fingerprint density at radius 1 is 1.42 bits per heavy atom. The van der Waals surface area contributed by atoms with Crippen LogP contribution in [0.3, 0.4) is 0 Å². The summed E-state index contributed by atoms with van der Waals surface area (Å²) < 4.78 is 60.3. The molecule has 1 aliphatic heterocycles. The molecule has 0 aliphatic carbocycles. The van der Waals surface area contributed by atoms with Gasteiger partial charge in [0.25, 0.3) is 5.91 Å². The van der Waals surface area contributed by atoms with E-state index in [0.29, 0.717) is 0 Å². The van der Waals surface area contributed by atoms with Crippen molar-refractivity contribution in [3.63, 3.8) is 0 Å². The maximum absolute atomic E-state index is 13.1. The molecule has 1 heterocycles. The minimum atomic E-state index is -4.70. The maximum Gasteiger partial charge on any atom is 0.461 e. The van der Waals surface area contributed by atoms with Gasteiger partial charge in [-0.2, -0.15) is 17.6 Å². The maximum atomic E-state index is 13.1. The number of hydrogen-bond donors (Lipinski definition) is 1. The highest BCUT2D eigenvalue weighted by Crippen LogP contribution is 2.30. The summed E-state index contributed by atoms with van der Waals surface area (Å²) >= 11 is 0. The van der Waals surface area contributed by atoms with Crippen molar-refractivity contribution in [1.82, 2.24) is 4.90 Å². The molecule has 1 amide bonds. The molecule has 1 aliphatic rings. The van der Waals surface area contributed by atoms with E-state index in [1.54, 1.807) is 0 Å². The fraction of sp³-hybridized carbons (Fsp3) is 0.533. The fourth-order valence-corrected chi connectivity index (χ4v) is 2.27. The molecule has 24 heavy (non-hydrogen) atoms. The van der Waals surface area contributed by atoms with Gasteiger partial charge in [0.05, 0.1) is 18.8 Å². The van der Waals surface area contributed by atoms with E-state index in [1.165, 1.54) is 23.1 Å². The summed E-state index contributed by atoms with van der Waals surface area (Å²) in [5.41, 5.74) is -0.253. The lowest BCUT2D eigenvalue weighted by Gasteiger charge is -2.24. The Morgan fingerprint density at radius 3 is 2.79 bits per heavy atom. The second-order valence-electron chi connectivity index (χ2n) is 5.34. The summed E-state index contributed by atoms with van der Waals surface area (Å²) in [6.45, 7) is 0.634. The first kappa shape index (κ1) is 18.5.